The second-order valence-electron chi connectivity index (χ2n) is 5.41. The minimum absolute atomic E-state index is 0.0616. The third kappa shape index (κ3) is 1.38. The minimum Gasteiger partial charge on any atom is -0.536 e. The van der Waals surface area contributed by atoms with Crippen LogP contribution >= 0.6 is 0 Å². The zero-order valence-electron chi connectivity index (χ0n) is 11.4. The van der Waals surface area contributed by atoms with E-state index in [0.29, 0.717) is 0 Å². The average molecular weight is 269 g/mol. The first-order valence-electron chi connectivity index (χ1n) is 7.17. The molecule has 0 fully saturated rings. The largest absolute Gasteiger partial charge is 0.536 e. The zero-order valence-corrected chi connectivity index (χ0v) is 11.4. The highest BCUT2D eigenvalue weighted by Gasteiger charge is 2.44. The Labute approximate surface area is 123 Å². The monoisotopic (exact) mass is 269 g/mol. The molecule has 0 aliphatic carbocycles. The number of rotatable bonds is 0. The molecule has 21 heavy (non-hydrogen) atoms. The van der Waals surface area contributed by atoms with Crippen LogP contribution in [0.25, 0.3) is 11.1 Å². The molecule has 0 saturated carbocycles. The van der Waals surface area contributed by atoms with Crippen LogP contribution in [0.2, 0.25) is 0 Å². The van der Waals surface area contributed by atoms with Crippen molar-refractivity contribution >= 4 is 23.9 Å². The van der Waals surface area contributed by atoms with E-state index in [2.05, 4.69) is 65.5 Å². The fourth-order valence-corrected chi connectivity index (χ4v) is 3.38. The lowest BCUT2D eigenvalue weighted by Gasteiger charge is -2.31. The molecule has 0 N–H and O–H groups in total. The van der Waals surface area contributed by atoms with Gasteiger partial charge in [0.25, 0.3) is 0 Å². The lowest BCUT2D eigenvalue weighted by atomic mass is 9.65. The van der Waals surface area contributed by atoms with E-state index in [1.54, 1.807) is 0 Å². The highest BCUT2D eigenvalue weighted by atomic mass is 16.5. The van der Waals surface area contributed by atoms with Gasteiger partial charge in [0.1, 0.15) is 5.75 Å². The molecule has 2 aliphatic heterocycles. The van der Waals surface area contributed by atoms with Crippen LogP contribution in [0.4, 0.5) is 11.4 Å². The fraction of sp³-hybridized carbons (Fsp3) is 0. The highest BCUT2D eigenvalue weighted by molar-refractivity contribution is 6.77. The number of nitrogens with zero attached hydrogens (tertiary/aromatic N) is 1. The summed E-state index contributed by atoms with van der Waals surface area (Å²) in [4.78, 5) is 2.30. The van der Waals surface area contributed by atoms with Gasteiger partial charge in [0, 0.05) is 11.3 Å². The number of hydrogen-bond acceptors (Lipinski definition) is 2. The zero-order chi connectivity index (χ0) is 13.8. The van der Waals surface area contributed by atoms with Gasteiger partial charge in [-0.2, -0.15) is 0 Å². The third-order valence-corrected chi connectivity index (χ3v) is 4.28. The van der Waals surface area contributed by atoms with E-state index in [-0.39, 0.29) is 7.05 Å². The van der Waals surface area contributed by atoms with E-state index in [9.17, 15) is 0 Å². The molecule has 0 bridgehead atoms. The van der Waals surface area contributed by atoms with Gasteiger partial charge in [0.2, 0.25) is 0 Å². The van der Waals surface area contributed by atoms with Crippen LogP contribution in [0.1, 0.15) is 0 Å². The first-order valence-corrected chi connectivity index (χ1v) is 7.17. The smallest absolute Gasteiger partial charge is 0.524 e. The van der Waals surface area contributed by atoms with Gasteiger partial charge < -0.3 is 9.47 Å². The summed E-state index contributed by atoms with van der Waals surface area (Å²) in [5.74, 6) is 0.953. The molecule has 3 heteroatoms. The molecule has 0 atom stereocenters. The number of fused-ring (bicyclic) bond motifs is 8. The van der Waals surface area contributed by atoms with Gasteiger partial charge in [0.05, 0.1) is 5.69 Å². The highest BCUT2D eigenvalue weighted by Crippen LogP contribution is 2.46. The Hall–Kier alpha value is -2.68. The summed E-state index contributed by atoms with van der Waals surface area (Å²) in [6.45, 7) is 0. The quantitative estimate of drug-likeness (QED) is 0.578. The Morgan fingerprint density at radius 1 is 0.667 bits per heavy atom. The average Bonchev–Trinajstić information content (AvgIpc) is 2.95. The Balaban J connectivity index is 1.85. The van der Waals surface area contributed by atoms with Crippen molar-refractivity contribution in [2.75, 3.05) is 4.81 Å². The van der Waals surface area contributed by atoms with Crippen LogP contribution in [-0.2, 0) is 0 Å². The molecule has 2 nitrogen and oxygen atoms in total. The molecule has 0 radical (unpaired) electrons. The van der Waals surface area contributed by atoms with Crippen molar-refractivity contribution in [1.29, 1.82) is 0 Å². The first kappa shape index (κ1) is 11.0. The predicted octanol–water partition coefficient (Wildman–Crippen LogP) is 3.59. The molecule has 0 spiro atoms. The van der Waals surface area contributed by atoms with Crippen molar-refractivity contribution in [3.05, 3.63) is 72.8 Å². The maximum absolute atomic E-state index is 6.22. The summed E-state index contributed by atoms with van der Waals surface area (Å²) in [5.41, 5.74) is 6.12. The summed E-state index contributed by atoms with van der Waals surface area (Å²) >= 11 is 0. The topological polar surface area (TPSA) is 12.5 Å². The van der Waals surface area contributed by atoms with E-state index in [4.69, 9.17) is 4.65 Å². The van der Waals surface area contributed by atoms with Crippen molar-refractivity contribution in [2.45, 2.75) is 0 Å². The van der Waals surface area contributed by atoms with Gasteiger partial charge in [-0.3, -0.25) is 0 Å². The summed E-state index contributed by atoms with van der Waals surface area (Å²) in [7, 11) is -0.0616. The van der Waals surface area contributed by atoms with Gasteiger partial charge in [-0.05, 0) is 29.2 Å². The molecule has 2 heterocycles. The SMILES string of the molecule is c1ccc2c(c1)OB1c3ccccc3-c3ccccc3N12. The molecular formula is C18H12BNO. The standard InChI is InChI=1S/C18H12BNO/c1-3-9-15-13(7-1)14-8-2-4-10-16(14)20-17-11-5-6-12-18(17)21-19(15)20/h1-12H. The molecule has 0 unspecified atom stereocenters. The summed E-state index contributed by atoms with van der Waals surface area (Å²) in [5, 5.41) is 0. The van der Waals surface area contributed by atoms with Gasteiger partial charge in [0.15, 0.2) is 0 Å². The van der Waals surface area contributed by atoms with Gasteiger partial charge in [-0.25, -0.2) is 0 Å². The van der Waals surface area contributed by atoms with Crippen LogP contribution in [0.5, 0.6) is 5.75 Å². The number of para-hydroxylation sites is 3. The van der Waals surface area contributed by atoms with E-state index in [1.165, 1.54) is 22.3 Å². The van der Waals surface area contributed by atoms with E-state index >= 15 is 0 Å². The van der Waals surface area contributed by atoms with Crippen LogP contribution < -0.4 is 14.9 Å². The molecule has 3 aromatic carbocycles. The van der Waals surface area contributed by atoms with E-state index < -0.39 is 0 Å². The minimum atomic E-state index is -0.0616. The van der Waals surface area contributed by atoms with Crippen LogP contribution in [0.3, 0.4) is 0 Å². The fourth-order valence-electron chi connectivity index (χ4n) is 3.38. The normalized spacial score (nSPS) is 13.9. The van der Waals surface area contributed by atoms with Crippen LogP contribution in [0, 0.1) is 0 Å². The molecule has 5 rings (SSSR count). The number of hydrogen-bond donors (Lipinski definition) is 0. The van der Waals surface area contributed by atoms with Crippen molar-refractivity contribution < 1.29 is 4.65 Å². The van der Waals surface area contributed by atoms with Crippen LogP contribution in [-0.4, -0.2) is 7.05 Å². The molecule has 2 aliphatic rings. The van der Waals surface area contributed by atoms with Gasteiger partial charge in [-0.15, -0.1) is 0 Å². The van der Waals surface area contributed by atoms with E-state index in [0.717, 1.165) is 11.4 Å². The Kier molecular flexibility index (Phi) is 2.06. The van der Waals surface area contributed by atoms with Gasteiger partial charge in [-0.1, -0.05) is 54.6 Å². The summed E-state index contributed by atoms with van der Waals surface area (Å²) < 4.78 is 6.22. The first-order chi connectivity index (χ1) is 10.4. The van der Waals surface area contributed by atoms with Crippen LogP contribution in [0.15, 0.2) is 72.8 Å². The molecule has 0 aromatic heterocycles. The summed E-state index contributed by atoms with van der Waals surface area (Å²) in [6.07, 6.45) is 0. The predicted molar refractivity (Wildman–Crippen MR) is 86.5 cm³/mol. The van der Waals surface area contributed by atoms with E-state index in [1.807, 2.05) is 12.1 Å². The molecule has 98 valence electrons. The second-order valence-corrected chi connectivity index (χ2v) is 5.41. The molecule has 0 saturated heterocycles. The lowest BCUT2D eigenvalue weighted by Crippen LogP contribution is -2.50. The second kappa shape index (κ2) is 3.92. The summed E-state index contributed by atoms with van der Waals surface area (Å²) in [6, 6.07) is 25.3. The number of benzene rings is 3. The Morgan fingerprint density at radius 2 is 1.33 bits per heavy atom. The van der Waals surface area contributed by atoms with Crippen molar-refractivity contribution in [1.82, 2.24) is 0 Å². The number of anilines is 2. The molecular weight excluding hydrogens is 257 g/mol. The third-order valence-electron chi connectivity index (χ3n) is 4.28. The van der Waals surface area contributed by atoms with Gasteiger partial charge >= 0.3 is 7.05 Å². The van der Waals surface area contributed by atoms with Crippen molar-refractivity contribution in [3.63, 3.8) is 0 Å². The lowest BCUT2D eigenvalue weighted by molar-refractivity contribution is 0.603. The van der Waals surface area contributed by atoms with Crippen molar-refractivity contribution in [3.8, 4) is 16.9 Å². The molecule has 0 amide bonds. The van der Waals surface area contributed by atoms with Crippen molar-refractivity contribution in [2.24, 2.45) is 0 Å². The Morgan fingerprint density at radius 3 is 2.24 bits per heavy atom. The Bertz CT molecular complexity index is 861. The maximum Gasteiger partial charge on any atom is 0.524 e. The maximum atomic E-state index is 6.22. The molecule has 3 aromatic rings.